The zero-order chi connectivity index (χ0) is 16.4. The number of aromatic nitrogens is 2. The third-order valence-corrected chi connectivity index (χ3v) is 4.26. The molecule has 4 aromatic rings. The summed E-state index contributed by atoms with van der Waals surface area (Å²) in [5.41, 5.74) is 1.61. The van der Waals surface area contributed by atoms with Gasteiger partial charge in [-0.2, -0.15) is 0 Å². The van der Waals surface area contributed by atoms with Gasteiger partial charge in [-0.15, -0.1) is 0 Å². The van der Waals surface area contributed by atoms with Gasteiger partial charge in [-0.3, -0.25) is 9.97 Å². The summed E-state index contributed by atoms with van der Waals surface area (Å²) in [5, 5.41) is 12.7. The molecule has 24 heavy (non-hydrogen) atoms. The summed E-state index contributed by atoms with van der Waals surface area (Å²) in [5.74, 6) is 0. The van der Waals surface area contributed by atoms with E-state index in [0.717, 1.165) is 22.0 Å². The van der Waals surface area contributed by atoms with Crippen LogP contribution in [0.4, 0.5) is 0 Å². The minimum atomic E-state index is -1.34. The molecule has 2 aromatic heterocycles. The molecule has 0 amide bonds. The highest BCUT2D eigenvalue weighted by atomic mass is 16.3. The van der Waals surface area contributed by atoms with Crippen molar-refractivity contribution >= 4 is 10.9 Å². The Balaban J connectivity index is 2.07. The average molecular weight is 312 g/mol. The number of nitrogens with zero attached hydrogens (tertiary/aromatic N) is 2. The summed E-state index contributed by atoms with van der Waals surface area (Å²) in [6.07, 6.45) is 3.44. The van der Waals surface area contributed by atoms with Gasteiger partial charge in [0.1, 0.15) is 0 Å². The maximum Gasteiger partial charge on any atom is 0.157 e. The van der Waals surface area contributed by atoms with Crippen LogP contribution in [0.2, 0.25) is 0 Å². The van der Waals surface area contributed by atoms with E-state index in [4.69, 9.17) is 0 Å². The standard InChI is InChI=1S/C21H16N2O/c24-21(16-8-3-1-4-9-16,17-10-5-2-6-11-17)20-18-12-7-14-22-19(18)13-15-23-20/h1-15,24H. The quantitative estimate of drug-likeness (QED) is 0.624. The lowest BCUT2D eigenvalue weighted by atomic mass is 9.82. The molecule has 3 nitrogen and oxygen atoms in total. The van der Waals surface area contributed by atoms with E-state index in [1.165, 1.54) is 0 Å². The first-order valence-electron chi connectivity index (χ1n) is 7.84. The lowest BCUT2D eigenvalue weighted by molar-refractivity contribution is 0.122. The van der Waals surface area contributed by atoms with E-state index < -0.39 is 5.60 Å². The third kappa shape index (κ3) is 2.27. The molecule has 1 N–H and O–H groups in total. The number of benzene rings is 2. The van der Waals surface area contributed by atoms with Gasteiger partial charge in [0.05, 0.1) is 11.2 Å². The Hall–Kier alpha value is -3.04. The zero-order valence-electron chi connectivity index (χ0n) is 13.0. The van der Waals surface area contributed by atoms with Crippen molar-refractivity contribution in [2.75, 3.05) is 0 Å². The van der Waals surface area contributed by atoms with Crippen molar-refractivity contribution in [3.05, 3.63) is 108 Å². The Labute approximate surface area is 140 Å². The molecule has 3 heteroatoms. The molecule has 116 valence electrons. The Morgan fingerprint density at radius 2 is 1.25 bits per heavy atom. The van der Waals surface area contributed by atoms with Crippen molar-refractivity contribution in [3.8, 4) is 0 Å². The molecular weight excluding hydrogens is 296 g/mol. The van der Waals surface area contributed by atoms with Crippen molar-refractivity contribution in [2.24, 2.45) is 0 Å². The smallest absolute Gasteiger partial charge is 0.157 e. The van der Waals surface area contributed by atoms with E-state index in [1.807, 2.05) is 78.9 Å². The second kappa shape index (κ2) is 5.87. The van der Waals surface area contributed by atoms with Gasteiger partial charge < -0.3 is 5.11 Å². The van der Waals surface area contributed by atoms with Gasteiger partial charge in [-0.25, -0.2) is 0 Å². The van der Waals surface area contributed by atoms with Gasteiger partial charge in [0, 0.05) is 17.8 Å². The predicted octanol–water partition coefficient (Wildman–Crippen LogP) is 3.91. The second-order valence-corrected chi connectivity index (χ2v) is 5.67. The van der Waals surface area contributed by atoms with E-state index in [1.54, 1.807) is 12.4 Å². The summed E-state index contributed by atoms with van der Waals surface area (Å²) >= 11 is 0. The molecule has 0 atom stereocenters. The van der Waals surface area contributed by atoms with Crippen LogP contribution in [0.5, 0.6) is 0 Å². The molecule has 0 saturated carbocycles. The van der Waals surface area contributed by atoms with Crippen molar-refractivity contribution in [2.45, 2.75) is 5.60 Å². The summed E-state index contributed by atoms with van der Waals surface area (Å²) in [6.45, 7) is 0. The molecule has 2 aromatic carbocycles. The lowest BCUT2D eigenvalue weighted by Crippen LogP contribution is -2.30. The minimum Gasteiger partial charge on any atom is -0.374 e. The fourth-order valence-corrected chi connectivity index (χ4v) is 3.09. The van der Waals surface area contributed by atoms with Crippen molar-refractivity contribution < 1.29 is 5.11 Å². The molecule has 0 aliphatic rings. The molecule has 2 heterocycles. The molecular formula is C21H16N2O. The molecule has 0 unspecified atom stereocenters. The van der Waals surface area contributed by atoms with Crippen molar-refractivity contribution in [1.29, 1.82) is 0 Å². The number of hydrogen-bond acceptors (Lipinski definition) is 3. The third-order valence-electron chi connectivity index (χ3n) is 4.26. The predicted molar refractivity (Wildman–Crippen MR) is 94.5 cm³/mol. The molecule has 0 saturated heterocycles. The van der Waals surface area contributed by atoms with Crippen LogP contribution >= 0.6 is 0 Å². The van der Waals surface area contributed by atoms with E-state index in [9.17, 15) is 5.11 Å². The Bertz CT molecular complexity index is 924. The maximum absolute atomic E-state index is 11.8. The van der Waals surface area contributed by atoms with Crippen molar-refractivity contribution in [3.63, 3.8) is 0 Å². The summed E-state index contributed by atoms with van der Waals surface area (Å²) in [7, 11) is 0. The molecule has 0 aliphatic carbocycles. The monoisotopic (exact) mass is 312 g/mol. The average Bonchev–Trinajstić information content (AvgIpc) is 2.68. The van der Waals surface area contributed by atoms with Crippen LogP contribution < -0.4 is 0 Å². The van der Waals surface area contributed by atoms with Crippen LogP contribution in [0.25, 0.3) is 10.9 Å². The van der Waals surface area contributed by atoms with Gasteiger partial charge in [-0.1, -0.05) is 60.7 Å². The van der Waals surface area contributed by atoms with Crippen LogP contribution in [-0.2, 0) is 5.60 Å². The normalized spacial score (nSPS) is 11.5. The molecule has 0 aliphatic heterocycles. The van der Waals surface area contributed by atoms with Gasteiger partial charge in [0.25, 0.3) is 0 Å². The number of pyridine rings is 2. The Morgan fingerprint density at radius 3 is 1.88 bits per heavy atom. The highest BCUT2D eigenvalue weighted by Gasteiger charge is 2.36. The van der Waals surface area contributed by atoms with E-state index in [2.05, 4.69) is 9.97 Å². The Morgan fingerprint density at radius 1 is 0.625 bits per heavy atom. The second-order valence-electron chi connectivity index (χ2n) is 5.67. The first-order valence-corrected chi connectivity index (χ1v) is 7.84. The number of aliphatic hydroxyl groups is 1. The van der Waals surface area contributed by atoms with Crippen LogP contribution in [0.3, 0.4) is 0 Å². The highest BCUT2D eigenvalue weighted by molar-refractivity contribution is 5.82. The fraction of sp³-hybridized carbons (Fsp3) is 0.0476. The van der Waals surface area contributed by atoms with Crippen LogP contribution in [0.15, 0.2) is 91.3 Å². The minimum absolute atomic E-state index is 0.588. The maximum atomic E-state index is 11.8. The van der Waals surface area contributed by atoms with Gasteiger partial charge in [0.15, 0.2) is 5.60 Å². The van der Waals surface area contributed by atoms with E-state index in [-0.39, 0.29) is 0 Å². The summed E-state index contributed by atoms with van der Waals surface area (Å²) < 4.78 is 0. The van der Waals surface area contributed by atoms with Gasteiger partial charge in [0.2, 0.25) is 0 Å². The fourth-order valence-electron chi connectivity index (χ4n) is 3.09. The van der Waals surface area contributed by atoms with Gasteiger partial charge in [-0.05, 0) is 29.3 Å². The van der Waals surface area contributed by atoms with Crippen LogP contribution in [0.1, 0.15) is 16.8 Å². The molecule has 0 spiro atoms. The van der Waals surface area contributed by atoms with E-state index in [0.29, 0.717) is 5.69 Å². The molecule has 4 rings (SSSR count). The molecule has 0 bridgehead atoms. The Kier molecular flexibility index (Phi) is 3.56. The highest BCUT2D eigenvalue weighted by Crippen LogP contribution is 2.38. The molecule has 0 fully saturated rings. The van der Waals surface area contributed by atoms with E-state index >= 15 is 0 Å². The number of hydrogen-bond donors (Lipinski definition) is 1. The lowest BCUT2D eigenvalue weighted by Gasteiger charge is -2.29. The first kappa shape index (κ1) is 14.5. The number of rotatable bonds is 3. The van der Waals surface area contributed by atoms with Gasteiger partial charge >= 0.3 is 0 Å². The molecule has 0 radical (unpaired) electrons. The summed E-state index contributed by atoms with van der Waals surface area (Å²) in [6, 6.07) is 24.9. The van der Waals surface area contributed by atoms with Crippen LogP contribution in [-0.4, -0.2) is 15.1 Å². The SMILES string of the molecule is OC(c1ccccc1)(c1ccccc1)c1nccc2ncccc12. The first-order chi connectivity index (χ1) is 11.8. The van der Waals surface area contributed by atoms with Crippen LogP contribution in [0, 0.1) is 0 Å². The number of fused-ring (bicyclic) bond motifs is 1. The topological polar surface area (TPSA) is 46.0 Å². The zero-order valence-corrected chi connectivity index (χ0v) is 13.0. The van der Waals surface area contributed by atoms with Crippen molar-refractivity contribution in [1.82, 2.24) is 9.97 Å². The summed E-state index contributed by atoms with van der Waals surface area (Å²) in [4.78, 5) is 8.93. The largest absolute Gasteiger partial charge is 0.374 e.